The molecule has 0 fully saturated rings. The fourth-order valence-corrected chi connectivity index (χ4v) is 2.27. The summed E-state index contributed by atoms with van der Waals surface area (Å²) in [5.41, 5.74) is 1.34. The Bertz CT molecular complexity index is 827. The van der Waals surface area contributed by atoms with E-state index in [0.29, 0.717) is 23.4 Å². The topological polar surface area (TPSA) is 98.1 Å². The summed E-state index contributed by atoms with van der Waals surface area (Å²) in [7, 11) is 3.94. The first-order valence-corrected chi connectivity index (χ1v) is 8.19. The normalized spacial score (nSPS) is 10.2. The number of nitrogens with zero attached hydrogens (tertiary/aromatic N) is 3. The van der Waals surface area contributed by atoms with Gasteiger partial charge >= 0.3 is 0 Å². The summed E-state index contributed by atoms with van der Waals surface area (Å²) < 4.78 is 0. The Morgan fingerprint density at radius 1 is 1.15 bits per heavy atom. The van der Waals surface area contributed by atoms with E-state index in [9.17, 15) is 9.59 Å². The van der Waals surface area contributed by atoms with E-state index in [-0.39, 0.29) is 11.5 Å². The minimum atomic E-state index is -0.428. The molecule has 2 rings (SSSR count). The van der Waals surface area contributed by atoms with E-state index in [1.807, 2.05) is 25.1 Å². The molecular weight excluding hydrogens is 330 g/mol. The Labute approximate surface area is 152 Å². The zero-order chi connectivity index (χ0) is 18.9. The van der Waals surface area contributed by atoms with Crippen molar-refractivity contribution < 1.29 is 9.59 Å². The van der Waals surface area contributed by atoms with Gasteiger partial charge in [-0.3, -0.25) is 14.6 Å². The van der Waals surface area contributed by atoms with Gasteiger partial charge < -0.3 is 15.5 Å². The molecule has 0 aliphatic carbocycles. The summed E-state index contributed by atoms with van der Waals surface area (Å²) in [4.78, 5) is 30.6. The third kappa shape index (κ3) is 5.40. The fourth-order valence-electron chi connectivity index (χ4n) is 2.27. The van der Waals surface area contributed by atoms with E-state index in [1.54, 1.807) is 24.3 Å². The van der Waals surface area contributed by atoms with Gasteiger partial charge in [0.15, 0.2) is 0 Å². The second kappa shape index (κ2) is 9.30. The third-order valence-corrected chi connectivity index (χ3v) is 3.63. The van der Waals surface area contributed by atoms with Gasteiger partial charge in [0.2, 0.25) is 0 Å². The maximum absolute atomic E-state index is 12.4. The van der Waals surface area contributed by atoms with E-state index >= 15 is 0 Å². The number of benzene rings is 1. The minimum Gasteiger partial charge on any atom is -0.352 e. The first kappa shape index (κ1) is 19.1. The lowest BCUT2D eigenvalue weighted by molar-refractivity contribution is 0.0952. The van der Waals surface area contributed by atoms with Gasteiger partial charge in [-0.05, 0) is 45.3 Å². The molecule has 0 radical (unpaired) electrons. The molecule has 134 valence electrons. The maximum atomic E-state index is 12.4. The molecule has 2 aromatic rings. The van der Waals surface area contributed by atoms with Crippen molar-refractivity contribution in [2.75, 3.05) is 32.5 Å². The van der Waals surface area contributed by atoms with Crippen molar-refractivity contribution in [3.63, 3.8) is 0 Å². The van der Waals surface area contributed by atoms with Crippen LogP contribution >= 0.6 is 0 Å². The molecule has 0 spiro atoms. The summed E-state index contributed by atoms with van der Waals surface area (Å²) in [6, 6.07) is 10.2. The van der Waals surface area contributed by atoms with Crippen molar-refractivity contribution >= 4 is 17.5 Å². The highest BCUT2D eigenvalue weighted by Gasteiger charge is 2.12. The van der Waals surface area contributed by atoms with Crippen LogP contribution in [0.2, 0.25) is 0 Å². The zero-order valence-electron chi connectivity index (χ0n) is 14.8. The van der Waals surface area contributed by atoms with E-state index in [4.69, 9.17) is 5.26 Å². The number of rotatable bonds is 7. The fraction of sp³-hybridized carbons (Fsp3) is 0.263. The summed E-state index contributed by atoms with van der Waals surface area (Å²) >= 11 is 0. The Morgan fingerprint density at radius 3 is 2.54 bits per heavy atom. The van der Waals surface area contributed by atoms with Crippen LogP contribution in [0.1, 0.15) is 32.7 Å². The number of carbonyl (C=O) groups excluding carboxylic acids is 2. The number of amides is 2. The molecule has 1 aromatic heterocycles. The molecule has 0 unspecified atom stereocenters. The van der Waals surface area contributed by atoms with Crippen LogP contribution in [-0.4, -0.2) is 48.9 Å². The summed E-state index contributed by atoms with van der Waals surface area (Å²) in [5.74, 6) is -0.703. The molecule has 26 heavy (non-hydrogen) atoms. The first-order valence-electron chi connectivity index (χ1n) is 8.19. The van der Waals surface area contributed by atoms with Crippen molar-refractivity contribution in [2.45, 2.75) is 6.42 Å². The Balaban J connectivity index is 2.02. The van der Waals surface area contributed by atoms with Gasteiger partial charge in [-0.15, -0.1) is 0 Å². The van der Waals surface area contributed by atoms with E-state index in [2.05, 4.69) is 15.6 Å². The van der Waals surface area contributed by atoms with Crippen molar-refractivity contribution in [3.05, 3.63) is 59.4 Å². The van der Waals surface area contributed by atoms with Gasteiger partial charge in [0.1, 0.15) is 6.07 Å². The first-order chi connectivity index (χ1) is 12.5. The summed E-state index contributed by atoms with van der Waals surface area (Å²) in [5, 5.41) is 14.6. The summed E-state index contributed by atoms with van der Waals surface area (Å²) in [6.07, 6.45) is 3.63. The largest absolute Gasteiger partial charge is 0.352 e. The van der Waals surface area contributed by atoms with Crippen molar-refractivity contribution in [3.8, 4) is 6.07 Å². The number of nitriles is 1. The molecule has 0 atom stereocenters. The monoisotopic (exact) mass is 351 g/mol. The summed E-state index contributed by atoms with van der Waals surface area (Å²) in [6.45, 7) is 1.42. The van der Waals surface area contributed by atoms with Gasteiger partial charge in [0.05, 0.1) is 22.4 Å². The molecule has 1 heterocycles. The van der Waals surface area contributed by atoms with Gasteiger partial charge in [-0.25, -0.2) is 0 Å². The number of anilines is 1. The molecule has 2 N–H and O–H groups in total. The average Bonchev–Trinajstić information content (AvgIpc) is 2.65. The highest BCUT2D eigenvalue weighted by molar-refractivity contribution is 6.06. The van der Waals surface area contributed by atoms with E-state index in [1.165, 1.54) is 18.5 Å². The molecule has 0 aliphatic heterocycles. The number of carbonyl (C=O) groups is 2. The van der Waals surface area contributed by atoms with Crippen LogP contribution in [0.25, 0.3) is 0 Å². The van der Waals surface area contributed by atoms with Crippen LogP contribution in [0.5, 0.6) is 0 Å². The second-order valence-electron chi connectivity index (χ2n) is 5.99. The lowest BCUT2D eigenvalue weighted by Gasteiger charge is -2.10. The molecule has 0 aliphatic rings. The van der Waals surface area contributed by atoms with Gasteiger partial charge in [-0.1, -0.05) is 12.1 Å². The molecule has 7 heteroatoms. The van der Waals surface area contributed by atoms with Crippen LogP contribution in [0.3, 0.4) is 0 Å². The molecule has 2 amide bonds. The number of pyridine rings is 1. The predicted molar refractivity (Wildman–Crippen MR) is 98.9 cm³/mol. The molecule has 1 aromatic carbocycles. The Kier molecular flexibility index (Phi) is 6.83. The van der Waals surface area contributed by atoms with Crippen LogP contribution in [0.4, 0.5) is 5.69 Å². The quantitative estimate of drug-likeness (QED) is 0.742. The smallest absolute Gasteiger partial charge is 0.257 e. The van der Waals surface area contributed by atoms with Gasteiger partial charge in [-0.2, -0.15) is 5.26 Å². The molecular formula is C19H21N5O2. The number of hydrogen-bond donors (Lipinski definition) is 2. The molecule has 7 nitrogen and oxygen atoms in total. The molecule has 0 saturated heterocycles. The predicted octanol–water partition coefficient (Wildman–Crippen LogP) is 1.89. The SMILES string of the molecule is CN(C)CCCNC(=O)c1cncc(C(=O)Nc2ccccc2C#N)c1. The van der Waals surface area contributed by atoms with Crippen LogP contribution in [0, 0.1) is 11.3 Å². The van der Waals surface area contributed by atoms with Crippen LogP contribution in [-0.2, 0) is 0 Å². The highest BCUT2D eigenvalue weighted by atomic mass is 16.2. The highest BCUT2D eigenvalue weighted by Crippen LogP contribution is 2.15. The number of nitrogens with one attached hydrogen (secondary N) is 2. The third-order valence-electron chi connectivity index (χ3n) is 3.63. The van der Waals surface area contributed by atoms with Crippen molar-refractivity contribution in [2.24, 2.45) is 0 Å². The Hall–Kier alpha value is -3.24. The molecule has 0 saturated carbocycles. The van der Waals surface area contributed by atoms with Crippen LogP contribution in [0.15, 0.2) is 42.7 Å². The standard InChI is InChI=1S/C19H21N5O2/c1-24(2)9-5-8-22-18(25)15-10-16(13-21-12-15)19(26)23-17-7-4-3-6-14(17)11-20/h3-4,6-7,10,12-13H,5,8-9H2,1-2H3,(H,22,25)(H,23,26). The maximum Gasteiger partial charge on any atom is 0.257 e. The lowest BCUT2D eigenvalue weighted by atomic mass is 10.1. The lowest BCUT2D eigenvalue weighted by Crippen LogP contribution is -2.27. The minimum absolute atomic E-state index is 0.249. The van der Waals surface area contributed by atoms with Gasteiger partial charge in [0.25, 0.3) is 11.8 Å². The number of hydrogen-bond acceptors (Lipinski definition) is 5. The van der Waals surface area contributed by atoms with Crippen molar-refractivity contribution in [1.29, 1.82) is 5.26 Å². The van der Waals surface area contributed by atoms with E-state index in [0.717, 1.165) is 13.0 Å². The van der Waals surface area contributed by atoms with Crippen molar-refractivity contribution in [1.82, 2.24) is 15.2 Å². The van der Waals surface area contributed by atoms with Gasteiger partial charge in [0, 0.05) is 18.9 Å². The molecule has 0 bridgehead atoms. The Morgan fingerprint density at radius 2 is 1.85 bits per heavy atom. The zero-order valence-corrected chi connectivity index (χ0v) is 14.8. The number of para-hydroxylation sites is 1. The van der Waals surface area contributed by atoms with Crippen LogP contribution < -0.4 is 10.6 Å². The number of aromatic nitrogens is 1. The van der Waals surface area contributed by atoms with E-state index < -0.39 is 5.91 Å². The average molecular weight is 351 g/mol. The second-order valence-corrected chi connectivity index (χ2v) is 5.99.